The number of carbonyl (C=O) groups is 1. The van der Waals surface area contributed by atoms with Crippen LogP contribution in [0, 0.1) is 11.8 Å². The Morgan fingerprint density at radius 3 is 2.45 bits per heavy atom. The predicted molar refractivity (Wildman–Crippen MR) is 83.6 cm³/mol. The molecule has 0 aliphatic heterocycles. The molecule has 1 aliphatic rings. The third kappa shape index (κ3) is 3.65. The SMILES string of the molecule is CCC1CCC(CNc2ccc(C(N)=O)cc2N)CC1. The molecule has 110 valence electrons. The van der Waals surface area contributed by atoms with Crippen molar-refractivity contribution in [1.82, 2.24) is 0 Å². The highest BCUT2D eigenvalue weighted by molar-refractivity contribution is 5.94. The van der Waals surface area contributed by atoms with Gasteiger partial charge in [-0.2, -0.15) is 0 Å². The fourth-order valence-corrected chi connectivity index (χ4v) is 2.98. The molecule has 1 fully saturated rings. The van der Waals surface area contributed by atoms with Gasteiger partial charge in [0.2, 0.25) is 5.91 Å². The molecular weight excluding hydrogens is 250 g/mol. The van der Waals surface area contributed by atoms with Gasteiger partial charge in [-0.15, -0.1) is 0 Å². The molecule has 20 heavy (non-hydrogen) atoms. The van der Waals surface area contributed by atoms with Gasteiger partial charge in [0.15, 0.2) is 0 Å². The van der Waals surface area contributed by atoms with Gasteiger partial charge in [0.1, 0.15) is 0 Å². The summed E-state index contributed by atoms with van der Waals surface area (Å²) in [4.78, 5) is 11.1. The molecule has 4 nitrogen and oxygen atoms in total. The summed E-state index contributed by atoms with van der Waals surface area (Å²) in [5, 5.41) is 3.40. The third-order valence-electron chi connectivity index (χ3n) is 4.46. The maximum absolute atomic E-state index is 11.1. The summed E-state index contributed by atoms with van der Waals surface area (Å²) in [6, 6.07) is 5.20. The molecule has 1 aliphatic carbocycles. The van der Waals surface area contributed by atoms with Crippen LogP contribution in [0.3, 0.4) is 0 Å². The first-order valence-corrected chi connectivity index (χ1v) is 7.53. The second kappa shape index (κ2) is 6.64. The van der Waals surface area contributed by atoms with Gasteiger partial charge in [0.25, 0.3) is 0 Å². The minimum atomic E-state index is -0.443. The average molecular weight is 275 g/mol. The van der Waals surface area contributed by atoms with Crippen molar-refractivity contribution in [2.45, 2.75) is 39.0 Å². The fraction of sp³-hybridized carbons (Fsp3) is 0.562. The van der Waals surface area contributed by atoms with E-state index in [1.54, 1.807) is 12.1 Å². The summed E-state index contributed by atoms with van der Waals surface area (Å²) in [5.74, 6) is 1.21. The Bertz CT molecular complexity index is 465. The van der Waals surface area contributed by atoms with Crippen LogP contribution in [0.2, 0.25) is 0 Å². The van der Waals surface area contributed by atoms with Crippen molar-refractivity contribution in [3.8, 4) is 0 Å². The average Bonchev–Trinajstić information content (AvgIpc) is 2.46. The van der Waals surface area contributed by atoms with E-state index in [-0.39, 0.29) is 0 Å². The Hall–Kier alpha value is -1.71. The Kier molecular flexibility index (Phi) is 4.88. The van der Waals surface area contributed by atoms with Crippen molar-refractivity contribution in [2.75, 3.05) is 17.6 Å². The van der Waals surface area contributed by atoms with E-state index in [4.69, 9.17) is 11.5 Å². The summed E-state index contributed by atoms with van der Waals surface area (Å²) in [7, 11) is 0. The first-order valence-electron chi connectivity index (χ1n) is 7.53. The first kappa shape index (κ1) is 14.7. The molecule has 1 saturated carbocycles. The molecule has 0 heterocycles. The molecule has 0 aromatic heterocycles. The number of hydrogen-bond donors (Lipinski definition) is 3. The zero-order chi connectivity index (χ0) is 14.5. The van der Waals surface area contributed by atoms with Crippen LogP contribution in [0.4, 0.5) is 11.4 Å². The summed E-state index contributed by atoms with van der Waals surface area (Å²) in [6.45, 7) is 3.24. The van der Waals surface area contributed by atoms with Crippen molar-refractivity contribution < 1.29 is 4.79 Å². The van der Waals surface area contributed by atoms with Crippen LogP contribution in [0.5, 0.6) is 0 Å². The molecule has 0 radical (unpaired) electrons. The number of primary amides is 1. The number of rotatable bonds is 5. The van der Waals surface area contributed by atoms with Crippen LogP contribution in [0.25, 0.3) is 0 Å². The second-order valence-corrected chi connectivity index (χ2v) is 5.84. The smallest absolute Gasteiger partial charge is 0.248 e. The summed E-state index contributed by atoms with van der Waals surface area (Å²) >= 11 is 0. The van der Waals surface area contributed by atoms with E-state index in [1.807, 2.05) is 6.07 Å². The molecule has 1 aromatic carbocycles. The lowest BCUT2D eigenvalue weighted by atomic mass is 9.81. The largest absolute Gasteiger partial charge is 0.397 e. The Balaban J connectivity index is 1.87. The van der Waals surface area contributed by atoms with E-state index in [9.17, 15) is 4.79 Å². The van der Waals surface area contributed by atoms with Gasteiger partial charge in [-0.3, -0.25) is 4.79 Å². The standard InChI is InChI=1S/C16H25N3O/c1-2-11-3-5-12(6-4-11)10-19-15-8-7-13(16(18)20)9-14(15)17/h7-9,11-12,19H,2-6,10,17H2,1H3,(H2,18,20). The molecule has 2 rings (SSSR count). The van der Waals surface area contributed by atoms with Crippen LogP contribution in [-0.4, -0.2) is 12.5 Å². The number of hydrogen-bond acceptors (Lipinski definition) is 3. The molecule has 0 spiro atoms. The van der Waals surface area contributed by atoms with Gasteiger partial charge >= 0.3 is 0 Å². The lowest BCUT2D eigenvalue weighted by molar-refractivity contribution is 0.100. The molecule has 1 amide bonds. The van der Waals surface area contributed by atoms with E-state index in [2.05, 4.69) is 12.2 Å². The highest BCUT2D eigenvalue weighted by Gasteiger charge is 2.19. The maximum atomic E-state index is 11.1. The van der Waals surface area contributed by atoms with Gasteiger partial charge in [0.05, 0.1) is 11.4 Å². The summed E-state index contributed by atoms with van der Waals surface area (Å²) in [5.41, 5.74) is 13.1. The first-order chi connectivity index (χ1) is 9.60. The number of nitrogens with one attached hydrogen (secondary N) is 1. The van der Waals surface area contributed by atoms with Crippen LogP contribution < -0.4 is 16.8 Å². The van der Waals surface area contributed by atoms with Crippen molar-refractivity contribution in [3.63, 3.8) is 0 Å². The highest BCUT2D eigenvalue weighted by atomic mass is 16.1. The Morgan fingerprint density at radius 2 is 1.90 bits per heavy atom. The molecule has 4 heteroatoms. The van der Waals surface area contributed by atoms with Gasteiger partial charge in [0, 0.05) is 12.1 Å². The maximum Gasteiger partial charge on any atom is 0.248 e. The monoisotopic (exact) mass is 275 g/mol. The number of carbonyl (C=O) groups excluding carboxylic acids is 1. The molecule has 0 atom stereocenters. The van der Waals surface area contributed by atoms with E-state index < -0.39 is 5.91 Å². The van der Waals surface area contributed by atoms with Crippen molar-refractivity contribution in [2.24, 2.45) is 17.6 Å². The summed E-state index contributed by atoms with van der Waals surface area (Å²) in [6.07, 6.45) is 6.59. The lowest BCUT2D eigenvalue weighted by Crippen LogP contribution is -2.21. The highest BCUT2D eigenvalue weighted by Crippen LogP contribution is 2.31. The van der Waals surface area contributed by atoms with E-state index in [1.165, 1.54) is 32.1 Å². The summed E-state index contributed by atoms with van der Waals surface area (Å²) < 4.78 is 0. The number of nitrogens with two attached hydrogens (primary N) is 2. The quantitative estimate of drug-likeness (QED) is 0.722. The van der Waals surface area contributed by atoms with Gasteiger partial charge in [-0.05, 0) is 42.9 Å². The molecule has 0 bridgehead atoms. The van der Waals surface area contributed by atoms with Crippen LogP contribution in [0.1, 0.15) is 49.4 Å². The van der Waals surface area contributed by atoms with Crippen LogP contribution >= 0.6 is 0 Å². The van der Waals surface area contributed by atoms with Crippen molar-refractivity contribution in [1.29, 1.82) is 0 Å². The fourth-order valence-electron chi connectivity index (χ4n) is 2.98. The number of amides is 1. The van der Waals surface area contributed by atoms with Crippen molar-refractivity contribution >= 4 is 17.3 Å². The molecule has 5 N–H and O–H groups in total. The zero-order valence-corrected chi connectivity index (χ0v) is 12.2. The zero-order valence-electron chi connectivity index (χ0n) is 12.2. The van der Waals surface area contributed by atoms with E-state index in [0.717, 1.165) is 24.1 Å². The van der Waals surface area contributed by atoms with Gasteiger partial charge in [-0.1, -0.05) is 26.2 Å². The molecule has 1 aromatic rings. The van der Waals surface area contributed by atoms with Crippen LogP contribution in [0.15, 0.2) is 18.2 Å². The van der Waals surface area contributed by atoms with Crippen LogP contribution in [-0.2, 0) is 0 Å². The Labute approximate surface area is 120 Å². The minimum Gasteiger partial charge on any atom is -0.397 e. The molecule has 0 saturated heterocycles. The molecular formula is C16H25N3O. The van der Waals surface area contributed by atoms with Gasteiger partial charge < -0.3 is 16.8 Å². The second-order valence-electron chi connectivity index (χ2n) is 5.84. The number of anilines is 2. The van der Waals surface area contributed by atoms with E-state index in [0.29, 0.717) is 11.3 Å². The minimum absolute atomic E-state index is 0.443. The van der Waals surface area contributed by atoms with Crippen molar-refractivity contribution in [3.05, 3.63) is 23.8 Å². The third-order valence-corrected chi connectivity index (χ3v) is 4.46. The number of nitrogen functional groups attached to an aromatic ring is 1. The topological polar surface area (TPSA) is 81.1 Å². The number of benzene rings is 1. The predicted octanol–water partition coefficient (Wildman–Crippen LogP) is 3.00. The van der Waals surface area contributed by atoms with E-state index >= 15 is 0 Å². The van der Waals surface area contributed by atoms with Gasteiger partial charge in [-0.25, -0.2) is 0 Å². The lowest BCUT2D eigenvalue weighted by Gasteiger charge is -2.28. The molecule has 0 unspecified atom stereocenters. The Morgan fingerprint density at radius 1 is 1.25 bits per heavy atom. The normalized spacial score (nSPS) is 22.4.